The zero-order chi connectivity index (χ0) is 33.6. The molecule has 1 aromatic heterocycles. The van der Waals surface area contributed by atoms with Crippen molar-refractivity contribution in [1.82, 2.24) is 24.7 Å². The SMILES string of the molecule is CC(C)(C)[C@H](c1nc(-c2cc(F)ccc2F)cn1Cc1ccccc1)N(CC[C@H](N)CF)C(=O)CNC(=O)CN1C(=O)C=CC1=O. The Kier molecular flexibility index (Phi) is 10.8. The van der Waals surface area contributed by atoms with E-state index in [1.807, 2.05) is 51.1 Å². The highest BCUT2D eigenvalue weighted by atomic mass is 19.1. The number of aromatic nitrogens is 2. The molecule has 2 atom stereocenters. The molecule has 0 unspecified atom stereocenters. The molecular weight excluding hydrogens is 601 g/mol. The molecular formula is C33H37F3N6O4. The van der Waals surface area contributed by atoms with Crippen molar-refractivity contribution in [2.45, 2.75) is 45.8 Å². The van der Waals surface area contributed by atoms with E-state index in [0.29, 0.717) is 5.82 Å². The van der Waals surface area contributed by atoms with Crippen LogP contribution in [0.25, 0.3) is 11.3 Å². The lowest BCUT2D eigenvalue weighted by molar-refractivity contribution is -0.141. The quantitative estimate of drug-likeness (QED) is 0.276. The van der Waals surface area contributed by atoms with Gasteiger partial charge in [0.05, 0.1) is 18.3 Å². The summed E-state index contributed by atoms with van der Waals surface area (Å²) in [6.45, 7) is 3.96. The van der Waals surface area contributed by atoms with Crippen molar-refractivity contribution in [2.75, 3.05) is 26.3 Å². The first kappa shape index (κ1) is 34.1. The van der Waals surface area contributed by atoms with Gasteiger partial charge < -0.3 is 20.5 Å². The molecule has 0 fully saturated rings. The zero-order valence-corrected chi connectivity index (χ0v) is 25.9. The van der Waals surface area contributed by atoms with E-state index in [1.54, 1.807) is 10.8 Å². The van der Waals surface area contributed by atoms with Gasteiger partial charge in [-0.25, -0.2) is 18.2 Å². The Hall–Kier alpha value is -4.78. The van der Waals surface area contributed by atoms with Crippen molar-refractivity contribution in [3.63, 3.8) is 0 Å². The van der Waals surface area contributed by atoms with Gasteiger partial charge in [-0.05, 0) is 35.6 Å². The number of carbonyl (C=O) groups is 4. The van der Waals surface area contributed by atoms with Crippen LogP contribution >= 0.6 is 0 Å². The summed E-state index contributed by atoms with van der Waals surface area (Å²) in [7, 11) is 0. The summed E-state index contributed by atoms with van der Waals surface area (Å²) in [4.78, 5) is 57.2. The van der Waals surface area contributed by atoms with Crippen LogP contribution in [0.3, 0.4) is 0 Å². The Morgan fingerprint density at radius 3 is 2.35 bits per heavy atom. The fraction of sp³-hybridized carbons (Fsp3) is 0.364. The first-order valence-corrected chi connectivity index (χ1v) is 14.8. The molecule has 4 amide bonds. The predicted octanol–water partition coefficient (Wildman–Crippen LogP) is 3.52. The minimum atomic E-state index is -0.869. The first-order valence-electron chi connectivity index (χ1n) is 14.8. The molecule has 0 bridgehead atoms. The van der Waals surface area contributed by atoms with Gasteiger partial charge in [0.15, 0.2) is 0 Å². The van der Waals surface area contributed by atoms with Crippen molar-refractivity contribution >= 4 is 23.6 Å². The number of nitrogens with one attached hydrogen (secondary N) is 1. The molecule has 13 heteroatoms. The highest BCUT2D eigenvalue weighted by molar-refractivity contribution is 6.14. The number of imide groups is 1. The lowest BCUT2D eigenvalue weighted by Crippen LogP contribution is -2.49. The molecule has 0 saturated carbocycles. The van der Waals surface area contributed by atoms with E-state index < -0.39 is 72.5 Å². The van der Waals surface area contributed by atoms with Gasteiger partial charge in [0.2, 0.25) is 11.8 Å². The molecule has 0 radical (unpaired) electrons. The molecule has 3 aromatic rings. The van der Waals surface area contributed by atoms with Crippen molar-refractivity contribution in [2.24, 2.45) is 11.1 Å². The number of benzene rings is 2. The van der Waals surface area contributed by atoms with Crippen LogP contribution in [0.4, 0.5) is 13.2 Å². The third-order valence-electron chi connectivity index (χ3n) is 7.48. The fourth-order valence-corrected chi connectivity index (χ4v) is 5.22. The molecule has 46 heavy (non-hydrogen) atoms. The number of hydrogen-bond acceptors (Lipinski definition) is 6. The fourth-order valence-electron chi connectivity index (χ4n) is 5.22. The Morgan fingerprint density at radius 2 is 1.72 bits per heavy atom. The number of amides is 4. The van der Waals surface area contributed by atoms with Gasteiger partial charge in [-0.3, -0.25) is 24.1 Å². The second-order valence-electron chi connectivity index (χ2n) is 12.2. The normalized spacial score (nSPS) is 14.5. The van der Waals surface area contributed by atoms with E-state index in [-0.39, 0.29) is 30.8 Å². The van der Waals surface area contributed by atoms with Gasteiger partial charge in [0.25, 0.3) is 11.8 Å². The van der Waals surface area contributed by atoms with Crippen LogP contribution < -0.4 is 11.1 Å². The third-order valence-corrected chi connectivity index (χ3v) is 7.48. The second kappa shape index (κ2) is 14.5. The summed E-state index contributed by atoms with van der Waals surface area (Å²) in [6, 6.07) is 10.7. The topological polar surface area (TPSA) is 131 Å². The second-order valence-corrected chi connectivity index (χ2v) is 12.2. The van der Waals surface area contributed by atoms with Crippen molar-refractivity contribution in [3.8, 4) is 11.3 Å². The van der Waals surface area contributed by atoms with Crippen LogP contribution in [0.1, 0.15) is 44.6 Å². The van der Waals surface area contributed by atoms with Crippen LogP contribution in [-0.2, 0) is 25.7 Å². The minimum absolute atomic E-state index is 0.0173. The summed E-state index contributed by atoms with van der Waals surface area (Å²) in [5, 5.41) is 2.46. The monoisotopic (exact) mass is 638 g/mol. The lowest BCUT2D eigenvalue weighted by atomic mass is 9.84. The molecule has 2 aromatic carbocycles. The van der Waals surface area contributed by atoms with Crippen LogP contribution in [0.2, 0.25) is 0 Å². The molecule has 0 aliphatic carbocycles. The maximum Gasteiger partial charge on any atom is 0.254 e. The smallest absolute Gasteiger partial charge is 0.254 e. The molecule has 1 aliphatic rings. The highest BCUT2D eigenvalue weighted by Crippen LogP contribution is 2.39. The van der Waals surface area contributed by atoms with Crippen LogP contribution in [-0.4, -0.2) is 75.3 Å². The number of rotatable bonds is 13. The van der Waals surface area contributed by atoms with E-state index >= 15 is 0 Å². The largest absolute Gasteiger partial charge is 0.345 e. The highest BCUT2D eigenvalue weighted by Gasteiger charge is 2.39. The summed E-state index contributed by atoms with van der Waals surface area (Å²) in [6.07, 6.45) is 3.77. The minimum Gasteiger partial charge on any atom is -0.345 e. The molecule has 10 nitrogen and oxygen atoms in total. The van der Waals surface area contributed by atoms with Gasteiger partial charge in [-0.1, -0.05) is 51.1 Å². The Labute approximate surface area is 265 Å². The first-order chi connectivity index (χ1) is 21.8. The average Bonchev–Trinajstić information content (AvgIpc) is 3.56. The number of halogens is 3. The molecule has 4 rings (SSSR count). The van der Waals surface area contributed by atoms with Gasteiger partial charge in [0, 0.05) is 43.0 Å². The molecule has 0 saturated heterocycles. The predicted molar refractivity (Wildman–Crippen MR) is 164 cm³/mol. The van der Waals surface area contributed by atoms with Crippen LogP contribution in [0.15, 0.2) is 66.9 Å². The third kappa shape index (κ3) is 8.27. The average molecular weight is 639 g/mol. The number of carbonyl (C=O) groups excluding carboxylic acids is 4. The summed E-state index contributed by atoms with van der Waals surface area (Å²) in [5.74, 6) is -3.56. The van der Waals surface area contributed by atoms with E-state index in [4.69, 9.17) is 10.7 Å². The summed E-state index contributed by atoms with van der Waals surface area (Å²) >= 11 is 0. The van der Waals surface area contributed by atoms with Crippen molar-refractivity contribution in [1.29, 1.82) is 0 Å². The molecule has 2 heterocycles. The van der Waals surface area contributed by atoms with Gasteiger partial charge in [-0.15, -0.1) is 0 Å². The summed E-state index contributed by atoms with van der Waals surface area (Å²) in [5.41, 5.74) is 6.13. The van der Waals surface area contributed by atoms with Gasteiger partial charge in [0.1, 0.15) is 30.7 Å². The Morgan fingerprint density at radius 1 is 1.04 bits per heavy atom. The Bertz CT molecular complexity index is 1600. The molecule has 244 valence electrons. The van der Waals surface area contributed by atoms with Crippen LogP contribution in [0.5, 0.6) is 0 Å². The molecule has 3 N–H and O–H groups in total. The van der Waals surface area contributed by atoms with E-state index in [9.17, 15) is 32.3 Å². The van der Waals surface area contributed by atoms with Crippen LogP contribution in [0, 0.1) is 17.0 Å². The van der Waals surface area contributed by atoms with Crippen molar-refractivity contribution < 1.29 is 32.3 Å². The van der Waals surface area contributed by atoms with Gasteiger partial charge >= 0.3 is 0 Å². The lowest BCUT2D eigenvalue weighted by Gasteiger charge is -2.40. The van der Waals surface area contributed by atoms with E-state index in [2.05, 4.69) is 5.32 Å². The molecule has 1 aliphatic heterocycles. The maximum absolute atomic E-state index is 14.9. The zero-order valence-electron chi connectivity index (χ0n) is 25.9. The number of hydrogen-bond donors (Lipinski definition) is 2. The number of imidazole rings is 1. The Balaban J connectivity index is 1.73. The van der Waals surface area contributed by atoms with Crippen molar-refractivity contribution in [3.05, 3.63) is 89.9 Å². The number of nitrogens with zero attached hydrogens (tertiary/aromatic N) is 4. The summed E-state index contributed by atoms with van der Waals surface area (Å²) < 4.78 is 44.4. The number of alkyl halides is 1. The number of nitrogens with two attached hydrogens (primary N) is 1. The maximum atomic E-state index is 14.9. The van der Waals surface area contributed by atoms with Gasteiger partial charge in [-0.2, -0.15) is 0 Å². The molecule has 0 spiro atoms. The van der Waals surface area contributed by atoms with E-state index in [0.717, 1.165) is 40.8 Å². The van der Waals surface area contributed by atoms with E-state index in [1.165, 1.54) is 4.90 Å². The standard InChI is InChI=1S/C33H37F3N6O4/c1-33(2,3)31(41(14-13-23(37)16-34)30(46)17-38-27(43)20-42-28(44)11-12-29(42)45)32-39-26(24-15-22(35)9-10-25(24)36)19-40(32)18-21-7-5-4-6-8-21/h4-12,15,19,23,31H,13-14,16-18,20,37H2,1-3H3,(H,38,43)/t23-,31-/m0/s1.